The molecule has 2 aromatic carbocycles. The van der Waals surface area contributed by atoms with E-state index in [0.29, 0.717) is 26.0 Å². The summed E-state index contributed by atoms with van der Waals surface area (Å²) in [7, 11) is -3.91. The number of carbonyl (C=O) groups excluding carboxylic acids is 1. The molecule has 0 unspecified atom stereocenters. The van der Waals surface area contributed by atoms with Crippen LogP contribution in [0.2, 0.25) is 0 Å². The first-order valence-electron chi connectivity index (χ1n) is 10.1. The minimum absolute atomic E-state index is 0.119. The summed E-state index contributed by atoms with van der Waals surface area (Å²) in [5.41, 5.74) is 0.906. The van der Waals surface area contributed by atoms with E-state index in [1.165, 1.54) is 6.92 Å². The summed E-state index contributed by atoms with van der Waals surface area (Å²) < 4.78 is 57.8. The highest BCUT2D eigenvalue weighted by Crippen LogP contribution is 2.23. The standard InChI is InChI=1S/C22H28F2N2O4S/c1-4-14-30-21-10-6-5-8-17(21)9-7-13-25-22(27)16(2)26(31(3,28)29)18-11-12-19(23)20(24)15-18/h5-6,8,10-12,15-16H,4,7,9,13-14H2,1-3H3,(H,25,27)/t16-/m0/s1. The van der Waals surface area contributed by atoms with Crippen LogP contribution in [0.3, 0.4) is 0 Å². The molecule has 0 saturated carbocycles. The zero-order valence-electron chi connectivity index (χ0n) is 17.9. The van der Waals surface area contributed by atoms with Crippen LogP contribution in [0.1, 0.15) is 32.3 Å². The average Bonchev–Trinajstić information content (AvgIpc) is 2.71. The summed E-state index contributed by atoms with van der Waals surface area (Å²) in [6, 6.07) is 9.24. The average molecular weight is 455 g/mol. The lowest BCUT2D eigenvalue weighted by Crippen LogP contribution is -2.48. The number of hydrogen-bond donors (Lipinski definition) is 1. The molecule has 0 saturated heterocycles. The summed E-state index contributed by atoms with van der Waals surface area (Å²) in [6.07, 6.45) is 3.10. The van der Waals surface area contributed by atoms with E-state index in [1.54, 1.807) is 0 Å². The molecular weight excluding hydrogens is 426 g/mol. The molecule has 0 aliphatic rings. The number of halogens is 2. The van der Waals surface area contributed by atoms with Gasteiger partial charge in [0.25, 0.3) is 0 Å². The van der Waals surface area contributed by atoms with Crippen LogP contribution in [-0.2, 0) is 21.2 Å². The SMILES string of the molecule is CCCOc1ccccc1CCCNC(=O)[C@H](C)N(c1ccc(F)c(F)c1)S(C)(=O)=O. The maximum absolute atomic E-state index is 13.6. The monoisotopic (exact) mass is 454 g/mol. The van der Waals surface area contributed by atoms with Crippen LogP contribution in [0.15, 0.2) is 42.5 Å². The van der Waals surface area contributed by atoms with E-state index in [4.69, 9.17) is 4.74 Å². The molecule has 31 heavy (non-hydrogen) atoms. The van der Waals surface area contributed by atoms with E-state index in [0.717, 1.165) is 46.5 Å². The van der Waals surface area contributed by atoms with Gasteiger partial charge in [0.05, 0.1) is 18.6 Å². The summed E-state index contributed by atoms with van der Waals surface area (Å²) in [5.74, 6) is -2.02. The van der Waals surface area contributed by atoms with Crippen LogP contribution in [0.4, 0.5) is 14.5 Å². The second-order valence-electron chi connectivity index (χ2n) is 7.18. The van der Waals surface area contributed by atoms with Crippen molar-refractivity contribution in [2.24, 2.45) is 0 Å². The van der Waals surface area contributed by atoms with Gasteiger partial charge >= 0.3 is 0 Å². The van der Waals surface area contributed by atoms with E-state index >= 15 is 0 Å². The maximum Gasteiger partial charge on any atom is 0.243 e. The first kappa shape index (κ1) is 24.6. The number of benzene rings is 2. The molecule has 0 spiro atoms. The number of sulfonamides is 1. The van der Waals surface area contributed by atoms with Gasteiger partial charge in [-0.05, 0) is 49.9 Å². The first-order valence-corrected chi connectivity index (χ1v) is 11.9. The number of anilines is 1. The molecule has 1 amide bonds. The molecule has 1 N–H and O–H groups in total. The highest BCUT2D eigenvalue weighted by molar-refractivity contribution is 7.92. The number of aryl methyl sites for hydroxylation is 1. The molecule has 0 radical (unpaired) electrons. The topological polar surface area (TPSA) is 75.7 Å². The Hall–Kier alpha value is -2.68. The lowest BCUT2D eigenvalue weighted by molar-refractivity contribution is -0.121. The van der Waals surface area contributed by atoms with Gasteiger partial charge in [-0.3, -0.25) is 9.10 Å². The maximum atomic E-state index is 13.6. The zero-order valence-corrected chi connectivity index (χ0v) is 18.7. The summed E-state index contributed by atoms with van der Waals surface area (Å²) >= 11 is 0. The fourth-order valence-electron chi connectivity index (χ4n) is 3.13. The molecule has 2 aromatic rings. The first-order chi connectivity index (χ1) is 14.6. The minimum Gasteiger partial charge on any atom is -0.493 e. The van der Waals surface area contributed by atoms with Gasteiger partial charge < -0.3 is 10.1 Å². The summed E-state index contributed by atoms with van der Waals surface area (Å²) in [4.78, 5) is 12.6. The highest BCUT2D eigenvalue weighted by Gasteiger charge is 2.29. The second-order valence-corrected chi connectivity index (χ2v) is 9.04. The van der Waals surface area contributed by atoms with Crippen LogP contribution < -0.4 is 14.4 Å². The van der Waals surface area contributed by atoms with E-state index < -0.39 is 33.6 Å². The molecule has 0 aliphatic carbocycles. The number of nitrogens with one attached hydrogen (secondary N) is 1. The van der Waals surface area contributed by atoms with Crippen molar-refractivity contribution in [1.29, 1.82) is 0 Å². The number of rotatable bonds is 11. The molecule has 0 aliphatic heterocycles. The van der Waals surface area contributed by atoms with Crippen molar-refractivity contribution < 1.29 is 26.7 Å². The van der Waals surface area contributed by atoms with Crippen LogP contribution >= 0.6 is 0 Å². The molecule has 0 bridgehead atoms. The van der Waals surface area contributed by atoms with Gasteiger partial charge in [-0.2, -0.15) is 0 Å². The van der Waals surface area contributed by atoms with Crippen molar-refractivity contribution in [3.63, 3.8) is 0 Å². The fourth-order valence-corrected chi connectivity index (χ4v) is 4.30. The number of ether oxygens (including phenoxy) is 1. The third kappa shape index (κ3) is 6.92. The Balaban J connectivity index is 2.00. The van der Waals surface area contributed by atoms with E-state index in [2.05, 4.69) is 5.32 Å². The molecule has 170 valence electrons. The smallest absolute Gasteiger partial charge is 0.243 e. The molecule has 0 heterocycles. The fraction of sp³-hybridized carbons (Fsp3) is 0.409. The van der Waals surface area contributed by atoms with Gasteiger partial charge in [0.2, 0.25) is 15.9 Å². The number of hydrogen-bond acceptors (Lipinski definition) is 4. The third-order valence-corrected chi connectivity index (χ3v) is 5.84. The molecular formula is C22H28F2N2O4S. The van der Waals surface area contributed by atoms with Gasteiger partial charge in [-0.1, -0.05) is 25.1 Å². The van der Waals surface area contributed by atoms with Crippen molar-refractivity contribution in [2.45, 2.75) is 39.2 Å². The van der Waals surface area contributed by atoms with E-state index in [1.807, 2.05) is 31.2 Å². The second kappa shape index (κ2) is 11.1. The Morgan fingerprint density at radius 2 is 1.87 bits per heavy atom. The lowest BCUT2D eigenvalue weighted by atomic mass is 10.1. The zero-order chi connectivity index (χ0) is 23.0. The van der Waals surface area contributed by atoms with Gasteiger partial charge in [0.15, 0.2) is 11.6 Å². The molecule has 1 atom stereocenters. The molecule has 6 nitrogen and oxygen atoms in total. The van der Waals surface area contributed by atoms with Crippen LogP contribution in [0.25, 0.3) is 0 Å². The van der Waals surface area contributed by atoms with Crippen LogP contribution in [0.5, 0.6) is 5.75 Å². The highest BCUT2D eigenvalue weighted by atomic mass is 32.2. The third-order valence-electron chi connectivity index (χ3n) is 4.60. The number of nitrogens with zero attached hydrogens (tertiary/aromatic N) is 1. The number of carbonyl (C=O) groups is 1. The van der Waals surface area contributed by atoms with Gasteiger partial charge in [0.1, 0.15) is 11.8 Å². The van der Waals surface area contributed by atoms with Crippen molar-refractivity contribution in [3.8, 4) is 5.75 Å². The van der Waals surface area contributed by atoms with Crippen molar-refractivity contribution in [3.05, 3.63) is 59.7 Å². The summed E-state index contributed by atoms with van der Waals surface area (Å²) in [5, 5.41) is 2.71. The Morgan fingerprint density at radius 3 is 2.52 bits per heavy atom. The van der Waals surface area contributed by atoms with Crippen molar-refractivity contribution in [2.75, 3.05) is 23.7 Å². The largest absolute Gasteiger partial charge is 0.493 e. The normalized spacial score (nSPS) is 12.3. The summed E-state index contributed by atoms with van der Waals surface area (Å²) in [6.45, 7) is 4.36. The molecule has 2 rings (SSSR count). The predicted octanol–water partition coefficient (Wildman–Crippen LogP) is 3.66. The minimum atomic E-state index is -3.91. The molecule has 0 fully saturated rings. The Morgan fingerprint density at radius 1 is 1.16 bits per heavy atom. The van der Waals surface area contributed by atoms with Gasteiger partial charge in [0, 0.05) is 12.6 Å². The molecule has 0 aromatic heterocycles. The van der Waals surface area contributed by atoms with Crippen LogP contribution in [0, 0.1) is 11.6 Å². The van der Waals surface area contributed by atoms with E-state index in [9.17, 15) is 22.0 Å². The van der Waals surface area contributed by atoms with Crippen molar-refractivity contribution in [1.82, 2.24) is 5.32 Å². The Kier molecular flexibility index (Phi) is 8.79. The Bertz CT molecular complexity index is 999. The Labute approximate surface area is 182 Å². The van der Waals surface area contributed by atoms with Crippen LogP contribution in [-0.4, -0.2) is 39.8 Å². The van der Waals surface area contributed by atoms with Gasteiger partial charge in [-0.15, -0.1) is 0 Å². The number of para-hydroxylation sites is 1. The number of amides is 1. The quantitative estimate of drug-likeness (QED) is 0.526. The lowest BCUT2D eigenvalue weighted by Gasteiger charge is -2.28. The van der Waals surface area contributed by atoms with E-state index in [-0.39, 0.29) is 5.69 Å². The predicted molar refractivity (Wildman–Crippen MR) is 117 cm³/mol. The van der Waals surface area contributed by atoms with Gasteiger partial charge in [-0.25, -0.2) is 17.2 Å². The van der Waals surface area contributed by atoms with Crippen molar-refractivity contribution >= 4 is 21.6 Å². The molecule has 9 heteroatoms.